The molecule has 0 bridgehead atoms. The minimum absolute atomic E-state index is 0.0608. The molecule has 7 nitrogen and oxygen atoms in total. The van der Waals surface area contributed by atoms with Gasteiger partial charge in [0.2, 0.25) is 0 Å². The summed E-state index contributed by atoms with van der Waals surface area (Å²) in [5.74, 6) is -0.115. The third kappa shape index (κ3) is 4.67. The third-order valence-corrected chi connectivity index (χ3v) is 8.09. The second kappa shape index (κ2) is 10.6. The molecule has 0 spiro atoms. The van der Waals surface area contributed by atoms with Crippen LogP contribution in [0.25, 0.3) is 33.4 Å². The Kier molecular flexibility index (Phi) is 6.94. The van der Waals surface area contributed by atoms with Crippen LogP contribution >= 0.6 is 0 Å². The molecule has 0 saturated carbocycles. The van der Waals surface area contributed by atoms with Gasteiger partial charge in [-0.1, -0.05) is 42.0 Å². The SMILES string of the molecule is CNC(=O)c1c(-c2ccc(C)cc2)oc2ccc(-c3cc(C(=O)CC4(c5ncccn5)CN(C)C4)ccc3C)c(F)c12. The summed E-state index contributed by atoms with van der Waals surface area (Å²) in [6.07, 6.45) is 3.64. The fraction of sp³-hybridized carbons (Fsp3) is 0.235. The average Bonchev–Trinajstić information content (AvgIpc) is 3.38. The van der Waals surface area contributed by atoms with Gasteiger partial charge in [0.05, 0.1) is 16.4 Å². The van der Waals surface area contributed by atoms with Gasteiger partial charge in [0.15, 0.2) is 5.78 Å². The number of likely N-dealkylation sites (tertiary alicyclic amines) is 1. The molecule has 8 heteroatoms. The lowest BCUT2D eigenvalue weighted by atomic mass is 9.74. The van der Waals surface area contributed by atoms with Gasteiger partial charge in [-0.2, -0.15) is 0 Å². The lowest BCUT2D eigenvalue weighted by Crippen LogP contribution is -2.59. The largest absolute Gasteiger partial charge is 0.455 e. The van der Waals surface area contributed by atoms with Gasteiger partial charge in [0, 0.05) is 55.6 Å². The number of hydrogen-bond acceptors (Lipinski definition) is 6. The Morgan fingerprint density at radius 2 is 1.71 bits per heavy atom. The number of carbonyl (C=O) groups is 2. The van der Waals surface area contributed by atoms with Crippen molar-refractivity contribution in [3.63, 3.8) is 0 Å². The van der Waals surface area contributed by atoms with Crippen LogP contribution in [0, 0.1) is 19.7 Å². The van der Waals surface area contributed by atoms with Crippen LogP contribution in [0.4, 0.5) is 4.39 Å². The summed E-state index contributed by atoms with van der Waals surface area (Å²) >= 11 is 0. The number of aromatic nitrogens is 2. The lowest BCUT2D eigenvalue weighted by Gasteiger charge is -2.47. The number of rotatable bonds is 7. The van der Waals surface area contributed by atoms with Crippen LogP contribution in [0.5, 0.6) is 0 Å². The Labute approximate surface area is 243 Å². The van der Waals surface area contributed by atoms with Gasteiger partial charge in [0.1, 0.15) is 23.0 Å². The number of halogens is 1. The Hall–Kier alpha value is -4.69. The van der Waals surface area contributed by atoms with Crippen molar-refractivity contribution >= 4 is 22.7 Å². The molecule has 212 valence electrons. The predicted molar refractivity (Wildman–Crippen MR) is 160 cm³/mol. The molecular weight excluding hydrogens is 531 g/mol. The molecule has 3 heterocycles. The zero-order chi connectivity index (χ0) is 29.6. The van der Waals surface area contributed by atoms with Crippen LogP contribution in [0.2, 0.25) is 0 Å². The van der Waals surface area contributed by atoms with Crippen molar-refractivity contribution in [2.75, 3.05) is 27.2 Å². The molecule has 6 rings (SSSR count). The Morgan fingerprint density at radius 3 is 2.38 bits per heavy atom. The van der Waals surface area contributed by atoms with Gasteiger partial charge in [-0.05, 0) is 56.3 Å². The molecule has 1 amide bonds. The van der Waals surface area contributed by atoms with Crippen LogP contribution < -0.4 is 5.32 Å². The molecule has 1 saturated heterocycles. The quantitative estimate of drug-likeness (QED) is 0.240. The molecule has 3 aromatic carbocycles. The zero-order valence-electron chi connectivity index (χ0n) is 24.0. The van der Waals surface area contributed by atoms with Crippen LogP contribution in [0.1, 0.15) is 44.1 Å². The first-order valence-corrected chi connectivity index (χ1v) is 13.8. The lowest BCUT2D eigenvalue weighted by molar-refractivity contribution is 0.0639. The molecular formula is C34H31FN4O3. The standard InChI is InChI=1S/C34H31FN4O3/c1-20-6-9-22(10-7-20)31-29(32(41)36-3)28-27(42-31)13-12-24(30(28)35)25-16-23(11-8-21(25)2)26(40)17-34(18-39(4)19-34)33-37-14-5-15-38-33/h5-16H,17-19H2,1-4H3,(H,36,41). The summed E-state index contributed by atoms with van der Waals surface area (Å²) in [5.41, 5.74) is 3.84. The highest BCUT2D eigenvalue weighted by molar-refractivity contribution is 6.12. The monoisotopic (exact) mass is 562 g/mol. The van der Waals surface area contributed by atoms with Crippen molar-refractivity contribution in [1.82, 2.24) is 20.2 Å². The number of furan rings is 1. The van der Waals surface area contributed by atoms with E-state index in [1.54, 1.807) is 42.7 Å². The number of amides is 1. The highest BCUT2D eigenvalue weighted by Crippen LogP contribution is 2.40. The van der Waals surface area contributed by atoms with E-state index in [9.17, 15) is 9.59 Å². The number of nitrogens with one attached hydrogen (secondary N) is 1. The van der Waals surface area contributed by atoms with Crippen LogP contribution in [0.3, 0.4) is 0 Å². The number of fused-ring (bicyclic) bond motifs is 1. The normalized spacial score (nSPS) is 14.5. The molecule has 0 unspecified atom stereocenters. The molecule has 1 aliphatic heterocycles. The maximum absolute atomic E-state index is 16.5. The van der Waals surface area contributed by atoms with Crippen molar-refractivity contribution in [3.05, 3.63) is 107 Å². The fourth-order valence-electron chi connectivity index (χ4n) is 6.00. The maximum Gasteiger partial charge on any atom is 0.255 e. The average molecular weight is 563 g/mol. The topological polar surface area (TPSA) is 88.3 Å². The van der Waals surface area contributed by atoms with Gasteiger partial charge in [-0.3, -0.25) is 9.59 Å². The van der Waals surface area contributed by atoms with Gasteiger partial charge in [-0.25, -0.2) is 14.4 Å². The van der Waals surface area contributed by atoms with Crippen molar-refractivity contribution in [2.45, 2.75) is 25.7 Å². The van der Waals surface area contributed by atoms with Gasteiger partial charge in [-0.15, -0.1) is 0 Å². The second-order valence-corrected chi connectivity index (χ2v) is 11.2. The minimum atomic E-state index is -0.573. The number of ketones is 1. The number of hydrogen-bond donors (Lipinski definition) is 1. The number of aryl methyl sites for hydroxylation is 2. The molecule has 0 aliphatic carbocycles. The number of carbonyl (C=O) groups excluding carboxylic acids is 2. The van der Waals surface area contributed by atoms with Crippen LogP contribution in [0.15, 0.2) is 77.5 Å². The van der Waals surface area contributed by atoms with E-state index in [4.69, 9.17) is 4.42 Å². The fourth-order valence-corrected chi connectivity index (χ4v) is 6.00. The minimum Gasteiger partial charge on any atom is -0.455 e. The van der Waals surface area contributed by atoms with E-state index in [0.29, 0.717) is 46.9 Å². The highest BCUT2D eigenvalue weighted by Gasteiger charge is 2.46. The first-order chi connectivity index (χ1) is 20.2. The van der Waals surface area contributed by atoms with Crippen molar-refractivity contribution in [2.24, 2.45) is 0 Å². The summed E-state index contributed by atoms with van der Waals surface area (Å²) in [6, 6.07) is 18.0. The molecule has 2 aromatic heterocycles. The van der Waals surface area contributed by atoms with E-state index in [-0.39, 0.29) is 28.7 Å². The molecule has 1 N–H and O–H groups in total. The van der Waals surface area contributed by atoms with E-state index >= 15 is 4.39 Å². The molecule has 42 heavy (non-hydrogen) atoms. The number of likely N-dealkylation sites (N-methyl/N-ethyl adjacent to an activating group) is 1. The summed E-state index contributed by atoms with van der Waals surface area (Å²) < 4.78 is 22.5. The van der Waals surface area contributed by atoms with Gasteiger partial charge in [0.25, 0.3) is 5.91 Å². The second-order valence-electron chi connectivity index (χ2n) is 11.2. The van der Waals surface area contributed by atoms with E-state index in [1.807, 2.05) is 51.2 Å². The predicted octanol–water partition coefficient (Wildman–Crippen LogP) is 6.13. The number of nitrogens with zero attached hydrogens (tertiary/aromatic N) is 3. The highest BCUT2D eigenvalue weighted by atomic mass is 19.1. The van der Waals surface area contributed by atoms with E-state index in [0.717, 1.165) is 11.1 Å². The Balaban J connectivity index is 1.42. The van der Waals surface area contributed by atoms with E-state index in [1.165, 1.54) is 7.05 Å². The number of benzene rings is 3. The zero-order valence-corrected chi connectivity index (χ0v) is 24.0. The van der Waals surface area contributed by atoms with Crippen molar-refractivity contribution < 1.29 is 18.4 Å². The Morgan fingerprint density at radius 1 is 1.00 bits per heavy atom. The molecule has 1 fully saturated rings. The first kappa shape index (κ1) is 27.5. The van der Waals surface area contributed by atoms with E-state index in [2.05, 4.69) is 20.2 Å². The summed E-state index contributed by atoms with van der Waals surface area (Å²) in [6.45, 7) is 5.20. The molecule has 0 radical (unpaired) electrons. The molecule has 1 aliphatic rings. The maximum atomic E-state index is 16.5. The van der Waals surface area contributed by atoms with Gasteiger partial charge < -0.3 is 14.6 Å². The third-order valence-electron chi connectivity index (χ3n) is 8.09. The molecule has 5 aromatic rings. The summed E-state index contributed by atoms with van der Waals surface area (Å²) in [4.78, 5) is 37.8. The summed E-state index contributed by atoms with van der Waals surface area (Å²) in [7, 11) is 3.51. The summed E-state index contributed by atoms with van der Waals surface area (Å²) in [5, 5.41) is 2.74. The number of Topliss-reactive ketones (excluding diaryl/α,β-unsaturated/α-hetero) is 1. The van der Waals surface area contributed by atoms with Crippen LogP contribution in [-0.2, 0) is 5.41 Å². The van der Waals surface area contributed by atoms with Crippen molar-refractivity contribution in [3.8, 4) is 22.5 Å². The van der Waals surface area contributed by atoms with E-state index < -0.39 is 17.1 Å². The molecule has 0 atom stereocenters. The van der Waals surface area contributed by atoms with Crippen LogP contribution in [-0.4, -0.2) is 53.7 Å². The Bertz CT molecular complexity index is 1820. The smallest absolute Gasteiger partial charge is 0.255 e. The van der Waals surface area contributed by atoms with Gasteiger partial charge >= 0.3 is 0 Å². The first-order valence-electron chi connectivity index (χ1n) is 13.8. The van der Waals surface area contributed by atoms with Crippen molar-refractivity contribution in [1.29, 1.82) is 0 Å².